The van der Waals surface area contributed by atoms with Gasteiger partial charge in [-0.3, -0.25) is 14.0 Å². The van der Waals surface area contributed by atoms with Crippen molar-refractivity contribution in [3.8, 4) is 11.1 Å². The lowest BCUT2D eigenvalue weighted by atomic mass is 9.97. The number of amides is 1. The molecule has 12 nitrogen and oxygen atoms in total. The Morgan fingerprint density at radius 2 is 1.82 bits per heavy atom. The van der Waals surface area contributed by atoms with Gasteiger partial charge in [-0.25, -0.2) is 4.98 Å². The number of rotatable bonds is 11. The van der Waals surface area contributed by atoms with Gasteiger partial charge in [0.25, 0.3) is 5.91 Å². The summed E-state index contributed by atoms with van der Waals surface area (Å²) in [5.74, 6) is -1.12. The fourth-order valence-corrected chi connectivity index (χ4v) is 6.28. The number of fused-ring (bicyclic) bond motifs is 1. The number of alkyl halides is 3. The molecule has 1 aliphatic rings. The van der Waals surface area contributed by atoms with Gasteiger partial charge in [-0.2, -0.15) is 23.3 Å². The molecular formula is C29H31F3N7O5P. The Bertz CT molecular complexity index is 1760. The molecule has 1 atom stereocenters. The fourth-order valence-electron chi connectivity index (χ4n) is 5.25. The Morgan fingerprint density at radius 3 is 2.47 bits per heavy atom. The molecule has 4 aromatic rings. The zero-order chi connectivity index (χ0) is 32.5. The van der Waals surface area contributed by atoms with E-state index >= 15 is 0 Å². The van der Waals surface area contributed by atoms with Gasteiger partial charge in [-0.1, -0.05) is 25.1 Å². The van der Waals surface area contributed by atoms with Crippen molar-refractivity contribution in [2.45, 2.75) is 44.7 Å². The van der Waals surface area contributed by atoms with Crippen molar-refractivity contribution < 1.29 is 37.4 Å². The van der Waals surface area contributed by atoms with Crippen LogP contribution in [0.15, 0.2) is 55.0 Å². The smallest absolute Gasteiger partial charge is 0.396 e. The van der Waals surface area contributed by atoms with Crippen LogP contribution in [-0.2, 0) is 23.8 Å². The van der Waals surface area contributed by atoms with E-state index in [1.165, 1.54) is 35.2 Å². The van der Waals surface area contributed by atoms with Gasteiger partial charge in [0, 0.05) is 50.4 Å². The molecule has 0 fully saturated rings. The van der Waals surface area contributed by atoms with Crippen molar-refractivity contribution >= 4 is 36.6 Å². The lowest BCUT2D eigenvalue weighted by Gasteiger charge is -2.18. The number of aryl methyl sites for hydroxylation is 1. The maximum absolute atomic E-state index is 14.0. The fraction of sp³-hybridized carbons (Fsp3) is 0.310. The van der Waals surface area contributed by atoms with E-state index in [4.69, 9.17) is 5.11 Å². The first-order valence-electron chi connectivity index (χ1n) is 14.0. The summed E-state index contributed by atoms with van der Waals surface area (Å²) in [5.41, 5.74) is 1.07. The number of hydrogen-bond acceptors (Lipinski definition) is 8. The first-order valence-corrected chi connectivity index (χ1v) is 15.7. The van der Waals surface area contributed by atoms with Crippen LogP contribution in [0, 0.1) is 0 Å². The van der Waals surface area contributed by atoms with E-state index in [-0.39, 0.29) is 42.7 Å². The Hall–Kier alpha value is -4.30. The summed E-state index contributed by atoms with van der Waals surface area (Å²) in [6.45, 7) is 2.40. The molecule has 1 unspecified atom stereocenters. The van der Waals surface area contributed by atoms with E-state index in [1.807, 2.05) is 0 Å². The molecule has 0 bridgehead atoms. The number of aromatic nitrogens is 4. The summed E-state index contributed by atoms with van der Waals surface area (Å²) >= 11 is 0. The molecule has 3 heterocycles. The minimum Gasteiger partial charge on any atom is -0.396 e. The van der Waals surface area contributed by atoms with Crippen molar-refractivity contribution in [2.24, 2.45) is 0 Å². The maximum Gasteiger partial charge on any atom is 0.421 e. The van der Waals surface area contributed by atoms with Gasteiger partial charge in [0.15, 0.2) is 0 Å². The molecule has 2 aromatic heterocycles. The molecule has 1 amide bonds. The second kappa shape index (κ2) is 12.6. The van der Waals surface area contributed by atoms with Crippen LogP contribution in [0.2, 0.25) is 0 Å². The third-order valence-corrected chi connectivity index (χ3v) is 8.93. The van der Waals surface area contributed by atoms with Crippen molar-refractivity contribution in [1.82, 2.24) is 24.6 Å². The van der Waals surface area contributed by atoms with Crippen LogP contribution in [-0.4, -0.2) is 59.1 Å². The zero-order valence-corrected chi connectivity index (χ0v) is 25.2. The van der Waals surface area contributed by atoms with E-state index in [0.717, 1.165) is 5.56 Å². The van der Waals surface area contributed by atoms with Crippen LogP contribution in [0.5, 0.6) is 0 Å². The standard InChI is InChI=1S/C29H31F3N7O5P/c1-3-24(45(42,43)44)17-5-7-19(8-6-17)35-28-33-14-22(29(30,31)32)26(37-28)36-23-10-9-20(21-16-38(2)27(41)25(21)23)18-13-34-39(15-18)11-4-12-40/h5-10,13-15,24,40H,3-4,11-12,16H2,1-2H3,(H2,42,43,44)(H2,33,35,36,37). The number of halogens is 3. The highest BCUT2D eigenvalue weighted by Crippen LogP contribution is 2.53. The van der Waals surface area contributed by atoms with E-state index in [9.17, 15) is 32.3 Å². The normalized spacial score (nSPS) is 14.0. The summed E-state index contributed by atoms with van der Waals surface area (Å²) in [6.07, 6.45) is -0.0304. The van der Waals surface area contributed by atoms with Crippen LogP contribution < -0.4 is 10.6 Å². The van der Waals surface area contributed by atoms with Gasteiger partial charge in [0.05, 0.1) is 23.1 Å². The highest BCUT2D eigenvalue weighted by molar-refractivity contribution is 7.52. The zero-order valence-electron chi connectivity index (χ0n) is 24.3. The predicted molar refractivity (Wildman–Crippen MR) is 160 cm³/mol. The average Bonchev–Trinajstić information content (AvgIpc) is 3.56. The quantitative estimate of drug-likeness (QED) is 0.133. The number of benzene rings is 2. The number of carbonyl (C=O) groups excluding carboxylic acids is 1. The van der Waals surface area contributed by atoms with Crippen LogP contribution in [0.4, 0.5) is 36.3 Å². The molecule has 0 spiro atoms. The SMILES string of the molecule is CCC(c1ccc(Nc2ncc(C(F)(F)F)c(Nc3ccc(-c4cnn(CCCO)c4)c4c3C(=O)N(C)C4)n2)cc1)P(=O)(O)O. The van der Waals surface area contributed by atoms with Crippen LogP contribution in [0.3, 0.4) is 0 Å². The van der Waals surface area contributed by atoms with E-state index in [2.05, 4.69) is 25.7 Å². The number of aliphatic hydroxyl groups is 1. The average molecular weight is 646 g/mol. The summed E-state index contributed by atoms with van der Waals surface area (Å²) in [5, 5.41) is 19.0. The van der Waals surface area contributed by atoms with Gasteiger partial charge in [-0.05, 0) is 47.7 Å². The third-order valence-electron chi connectivity index (χ3n) is 7.45. The molecule has 5 N–H and O–H groups in total. The second-order valence-electron chi connectivity index (χ2n) is 10.6. The number of nitrogens with zero attached hydrogens (tertiary/aromatic N) is 5. The molecule has 45 heavy (non-hydrogen) atoms. The minimum atomic E-state index is -4.81. The number of aliphatic hydroxyl groups excluding tert-OH is 1. The number of hydrogen-bond donors (Lipinski definition) is 5. The molecular weight excluding hydrogens is 614 g/mol. The molecule has 0 aliphatic carbocycles. The minimum absolute atomic E-state index is 0.00942. The highest BCUT2D eigenvalue weighted by Gasteiger charge is 2.37. The van der Waals surface area contributed by atoms with Crippen LogP contribution >= 0.6 is 7.60 Å². The van der Waals surface area contributed by atoms with Crippen LogP contribution in [0.1, 0.15) is 52.5 Å². The number of nitrogens with one attached hydrogen (secondary N) is 2. The van der Waals surface area contributed by atoms with E-state index in [0.29, 0.717) is 41.5 Å². The molecule has 0 saturated heterocycles. The largest absolute Gasteiger partial charge is 0.421 e. The first kappa shape index (κ1) is 32.1. The van der Waals surface area contributed by atoms with Crippen LogP contribution in [0.25, 0.3) is 11.1 Å². The van der Waals surface area contributed by atoms with Gasteiger partial charge < -0.3 is 30.4 Å². The van der Waals surface area contributed by atoms with Gasteiger partial charge in [0.1, 0.15) is 11.4 Å². The van der Waals surface area contributed by atoms with E-state index in [1.54, 1.807) is 37.1 Å². The molecule has 16 heteroatoms. The lowest BCUT2D eigenvalue weighted by Crippen LogP contribution is -2.18. The summed E-state index contributed by atoms with van der Waals surface area (Å²) in [7, 11) is -2.78. The monoisotopic (exact) mass is 645 g/mol. The predicted octanol–water partition coefficient (Wildman–Crippen LogP) is 5.44. The Labute approximate surface area is 256 Å². The van der Waals surface area contributed by atoms with Crippen molar-refractivity contribution in [1.29, 1.82) is 0 Å². The first-order chi connectivity index (χ1) is 21.3. The number of anilines is 4. The Balaban J connectivity index is 1.48. The second-order valence-corrected chi connectivity index (χ2v) is 12.4. The highest BCUT2D eigenvalue weighted by atomic mass is 31.2. The summed E-state index contributed by atoms with van der Waals surface area (Å²) in [4.78, 5) is 41.8. The Kier molecular flexibility index (Phi) is 8.99. The maximum atomic E-state index is 14.0. The topological polar surface area (TPSA) is 166 Å². The molecule has 0 radical (unpaired) electrons. The van der Waals surface area contributed by atoms with Gasteiger partial charge >= 0.3 is 13.8 Å². The van der Waals surface area contributed by atoms with E-state index < -0.39 is 30.8 Å². The summed E-state index contributed by atoms with van der Waals surface area (Å²) < 4.78 is 55.6. The van der Waals surface area contributed by atoms with Gasteiger partial charge in [-0.15, -0.1) is 0 Å². The number of carbonyl (C=O) groups is 1. The Morgan fingerprint density at radius 1 is 1.09 bits per heavy atom. The van der Waals surface area contributed by atoms with Crippen molar-refractivity contribution in [3.05, 3.63) is 77.2 Å². The molecule has 238 valence electrons. The lowest BCUT2D eigenvalue weighted by molar-refractivity contribution is -0.137. The third kappa shape index (κ3) is 6.86. The molecule has 5 rings (SSSR count). The van der Waals surface area contributed by atoms with Gasteiger partial charge in [0.2, 0.25) is 5.95 Å². The van der Waals surface area contributed by atoms with Crippen molar-refractivity contribution in [3.63, 3.8) is 0 Å². The van der Waals surface area contributed by atoms with Crippen molar-refractivity contribution in [2.75, 3.05) is 24.3 Å². The molecule has 2 aromatic carbocycles. The summed E-state index contributed by atoms with van der Waals surface area (Å²) in [6, 6.07) is 9.30. The molecule has 0 saturated carbocycles. The molecule has 1 aliphatic heterocycles.